The van der Waals surface area contributed by atoms with E-state index in [9.17, 15) is 19.2 Å². The Morgan fingerprint density at radius 2 is 1.26 bits per heavy atom. The number of pyridine rings is 1. The third-order valence-corrected chi connectivity index (χ3v) is 25.0. The Bertz CT molecular complexity index is 1810. The van der Waals surface area contributed by atoms with Gasteiger partial charge in [0.25, 0.3) is 11.5 Å². The maximum absolute atomic E-state index is 12.4. The van der Waals surface area contributed by atoms with E-state index in [4.69, 9.17) is 4.84 Å². The van der Waals surface area contributed by atoms with Crippen molar-refractivity contribution < 1.29 is 43.4 Å². The normalized spacial score (nSPS) is 17.4. The van der Waals surface area contributed by atoms with Crippen LogP contribution in [0.3, 0.4) is 0 Å². The van der Waals surface area contributed by atoms with Crippen molar-refractivity contribution in [1.82, 2.24) is 10.5 Å². The van der Waals surface area contributed by atoms with Crippen LogP contribution in [0, 0.1) is 5.41 Å². The molecular formula is C37H56N2O6RhSi4. The molecule has 0 spiro atoms. The zero-order valence-corrected chi connectivity index (χ0v) is 37.6. The van der Waals surface area contributed by atoms with Crippen molar-refractivity contribution in [2.45, 2.75) is 104 Å². The molecule has 50 heavy (non-hydrogen) atoms. The second-order valence-electron chi connectivity index (χ2n) is 16.9. The fraction of sp³-hybridized carbons (Fsp3) is 0.459. The average molecular weight is 840 g/mol. The van der Waals surface area contributed by atoms with Crippen molar-refractivity contribution in [3.8, 4) is 0 Å². The molecule has 1 aromatic heterocycles. The van der Waals surface area contributed by atoms with Crippen molar-refractivity contribution in [2.75, 3.05) is 0 Å². The summed E-state index contributed by atoms with van der Waals surface area (Å²) in [5.74, 6) is -1.13. The molecule has 0 aliphatic carbocycles. The Hall–Kier alpha value is -2.71. The van der Waals surface area contributed by atoms with Crippen LogP contribution in [0.1, 0.15) is 38.1 Å². The number of aromatic amines is 1. The molecule has 0 saturated heterocycles. The van der Waals surface area contributed by atoms with Gasteiger partial charge in [-0.15, -0.1) is 0 Å². The molecule has 0 fully saturated rings. The molecule has 0 unspecified atom stereocenters. The molecule has 0 bridgehead atoms. The smallest absolute Gasteiger partial charge is 0.337 e. The van der Waals surface area contributed by atoms with Gasteiger partial charge in [-0.25, -0.2) is 4.79 Å². The van der Waals surface area contributed by atoms with Crippen LogP contribution in [-0.4, -0.2) is 55.1 Å². The Morgan fingerprint density at radius 1 is 0.780 bits per heavy atom. The van der Waals surface area contributed by atoms with E-state index < -0.39 is 43.7 Å². The Kier molecular flexibility index (Phi) is 14.2. The fourth-order valence-corrected chi connectivity index (χ4v) is 26.9. The van der Waals surface area contributed by atoms with E-state index in [1.54, 1.807) is 37.3 Å². The molecule has 275 valence electrons. The van der Waals surface area contributed by atoms with Crippen molar-refractivity contribution in [3.05, 3.63) is 71.4 Å². The van der Waals surface area contributed by atoms with E-state index in [2.05, 4.69) is 92.4 Å². The molecule has 2 aromatic carbocycles. The molecular weight excluding hydrogens is 784 g/mol. The number of carbonyl (C=O) groups excluding carboxylic acids is 3. The summed E-state index contributed by atoms with van der Waals surface area (Å²) in [4.78, 5) is 53.7. The number of benzene rings is 2. The third-order valence-electron chi connectivity index (χ3n) is 9.96. The minimum absolute atomic E-state index is 0. The summed E-state index contributed by atoms with van der Waals surface area (Å²) < 4.78 is 4.17. The number of hydrogen-bond acceptors (Lipinski definition) is 6. The van der Waals surface area contributed by atoms with Gasteiger partial charge in [-0.2, -0.15) is 5.48 Å². The number of fused-ring (bicyclic) bond motifs is 3. The topological polar surface area (TPSA) is 115 Å². The number of amides is 1. The minimum Gasteiger partial charge on any atom is -0.435 e. The van der Waals surface area contributed by atoms with Crippen LogP contribution in [0.5, 0.6) is 0 Å². The SMILES string of the molecule is C=COC(C)=O.CC(C)(C)C(=O)ONC(=O)c1ccc2c(c1)[Si](C)(C)CC[Si]2(C)C.C[Si]1(C)CC[Si](C)(C)c2cc3c(=O)[nH]ccc3cc21.[Rh]. The van der Waals surface area contributed by atoms with Gasteiger partial charge in [0.1, 0.15) is 0 Å². The summed E-state index contributed by atoms with van der Waals surface area (Å²) in [6, 6.07) is 18.0. The van der Waals surface area contributed by atoms with Gasteiger partial charge in [0.2, 0.25) is 0 Å². The van der Waals surface area contributed by atoms with Gasteiger partial charge >= 0.3 is 11.9 Å². The largest absolute Gasteiger partial charge is 0.435 e. The van der Waals surface area contributed by atoms with Crippen LogP contribution in [0.4, 0.5) is 0 Å². The van der Waals surface area contributed by atoms with Gasteiger partial charge in [-0.3, -0.25) is 14.4 Å². The number of H-pyrrole nitrogens is 1. The molecule has 2 aliphatic rings. The fourth-order valence-electron chi connectivity index (χ4n) is 6.40. The van der Waals surface area contributed by atoms with Crippen LogP contribution >= 0.6 is 0 Å². The van der Waals surface area contributed by atoms with Gasteiger partial charge in [-0.05, 0) is 44.4 Å². The number of rotatable bonds is 2. The predicted molar refractivity (Wildman–Crippen MR) is 214 cm³/mol. The average Bonchev–Trinajstić information content (AvgIpc) is 3.00. The first-order valence-corrected chi connectivity index (χ1v) is 29.9. The first-order chi connectivity index (χ1) is 22.4. The molecule has 3 aromatic rings. The summed E-state index contributed by atoms with van der Waals surface area (Å²) in [7, 11) is -5.58. The van der Waals surface area contributed by atoms with E-state index >= 15 is 0 Å². The van der Waals surface area contributed by atoms with Gasteiger partial charge in [-0.1, -0.05) is 122 Å². The van der Waals surface area contributed by atoms with Crippen molar-refractivity contribution in [3.63, 3.8) is 0 Å². The van der Waals surface area contributed by atoms with Gasteiger partial charge in [0.15, 0.2) is 0 Å². The number of aromatic nitrogens is 1. The minimum atomic E-state index is -1.50. The summed E-state index contributed by atoms with van der Waals surface area (Å²) in [5.41, 5.74) is 2.28. The number of carbonyl (C=O) groups is 3. The molecule has 13 heteroatoms. The van der Waals surface area contributed by atoms with E-state index in [0.717, 1.165) is 17.0 Å². The molecule has 1 radical (unpaired) electrons. The molecule has 0 saturated carbocycles. The number of hydroxylamine groups is 1. The monoisotopic (exact) mass is 839 g/mol. The quantitative estimate of drug-likeness (QED) is 0.146. The third kappa shape index (κ3) is 10.4. The summed E-state index contributed by atoms with van der Waals surface area (Å²) in [6.45, 7) is 29.1. The Labute approximate surface area is 315 Å². The van der Waals surface area contributed by atoms with E-state index in [1.165, 1.54) is 41.5 Å². The van der Waals surface area contributed by atoms with Crippen LogP contribution in [-0.2, 0) is 38.6 Å². The molecule has 2 aliphatic heterocycles. The van der Waals surface area contributed by atoms with Gasteiger partial charge in [0, 0.05) is 43.5 Å². The van der Waals surface area contributed by atoms with Crippen LogP contribution in [0.15, 0.2) is 60.2 Å². The van der Waals surface area contributed by atoms with E-state index in [0.29, 0.717) is 5.56 Å². The maximum Gasteiger partial charge on any atom is 0.337 e. The standard InChI is InChI=1S/C18H29NO3Si2.C15H21NOSi2.C4H6O2.Rh/c1-18(2,3)17(21)22-19-16(20)13-8-9-14-15(12-13)24(6,7)11-10-23(14,4)5;1-18(2)7-8-19(3,4)14-10-12-11(9-13(14)18)5-6-16-15(12)17;1-3-6-4(2)5;/h8-9,12H,10-11H2,1-7H3,(H,19,20);5-6,9-10H,7-8H2,1-4H3,(H,16,17);3H,1H2,2H3;. The van der Waals surface area contributed by atoms with Crippen molar-refractivity contribution in [1.29, 1.82) is 0 Å². The van der Waals surface area contributed by atoms with E-state index in [-0.39, 0.29) is 36.9 Å². The van der Waals surface area contributed by atoms with Crippen molar-refractivity contribution >= 4 is 81.7 Å². The second kappa shape index (κ2) is 16.3. The van der Waals surface area contributed by atoms with Crippen LogP contribution < -0.4 is 31.8 Å². The van der Waals surface area contributed by atoms with Crippen LogP contribution in [0.25, 0.3) is 10.8 Å². The molecule has 5 rings (SSSR count). The van der Waals surface area contributed by atoms with E-state index in [1.807, 2.05) is 18.2 Å². The summed E-state index contributed by atoms with van der Waals surface area (Å²) in [5, 5.41) is 8.02. The first-order valence-electron chi connectivity index (χ1n) is 17.0. The number of ether oxygens (including phenoxy) is 1. The molecule has 3 heterocycles. The van der Waals surface area contributed by atoms with Crippen LogP contribution in [0.2, 0.25) is 76.6 Å². The van der Waals surface area contributed by atoms with Gasteiger partial charge < -0.3 is 14.6 Å². The van der Waals surface area contributed by atoms with Gasteiger partial charge in [0.05, 0.1) is 44.0 Å². The molecule has 1 amide bonds. The Morgan fingerprint density at radius 3 is 1.72 bits per heavy atom. The number of esters is 1. The number of nitrogens with one attached hydrogen (secondary N) is 2. The zero-order chi connectivity index (χ0) is 37.2. The predicted octanol–water partition coefficient (Wildman–Crippen LogP) is 5.83. The summed E-state index contributed by atoms with van der Waals surface area (Å²) >= 11 is 0. The number of hydrogen-bond donors (Lipinski definition) is 2. The molecule has 0 atom stereocenters. The first kappa shape index (κ1) is 43.5. The Balaban J connectivity index is 0.000000298. The molecule has 8 nitrogen and oxygen atoms in total. The zero-order valence-electron chi connectivity index (χ0n) is 31.9. The second-order valence-corrected chi connectivity index (χ2v) is 36.2. The van der Waals surface area contributed by atoms with Crippen molar-refractivity contribution in [2.24, 2.45) is 5.41 Å². The summed E-state index contributed by atoms with van der Waals surface area (Å²) in [6.07, 6.45) is 2.86. The molecule has 2 N–H and O–H groups in total. The maximum atomic E-state index is 12.4.